The maximum Gasteiger partial charge on any atom is 0.353 e. The minimum absolute atomic E-state index is 0.237. The monoisotopic (exact) mass is 276 g/mol. The summed E-state index contributed by atoms with van der Waals surface area (Å²) >= 11 is 5.19. The molecule has 0 aliphatic carbocycles. The summed E-state index contributed by atoms with van der Waals surface area (Å²) in [5.41, 5.74) is -1.09. The zero-order valence-corrected chi connectivity index (χ0v) is 9.23. The smallest absolute Gasteiger partial charge is 0.353 e. The van der Waals surface area contributed by atoms with E-state index in [0.717, 1.165) is 6.07 Å². The number of carboxylic acid groups (broad SMARTS) is 1. The Bertz CT molecular complexity index is 642. The molecule has 2 rings (SSSR count). The van der Waals surface area contributed by atoms with Crippen molar-refractivity contribution in [2.24, 2.45) is 0 Å². The van der Waals surface area contributed by atoms with Crippen LogP contribution in [0.1, 0.15) is 10.5 Å². The Kier molecular flexibility index (Phi) is 3.00. The summed E-state index contributed by atoms with van der Waals surface area (Å²) in [6.07, 6.45) is 0. The first kappa shape index (κ1) is 12.4. The van der Waals surface area contributed by atoms with Crippen LogP contribution < -0.4 is 0 Å². The van der Waals surface area contributed by atoms with Crippen molar-refractivity contribution in [3.8, 4) is 11.3 Å². The van der Waals surface area contributed by atoms with Gasteiger partial charge < -0.3 is 5.11 Å². The summed E-state index contributed by atoms with van der Waals surface area (Å²) in [4.78, 5) is 10.6. The number of benzene rings is 1. The van der Waals surface area contributed by atoms with Gasteiger partial charge in [-0.3, -0.25) is 5.10 Å². The molecular weight excluding hydrogens is 273 g/mol. The van der Waals surface area contributed by atoms with Crippen LogP contribution >= 0.6 is 11.6 Å². The van der Waals surface area contributed by atoms with Gasteiger partial charge in [-0.05, 0) is 12.1 Å². The standard InChI is InChI=1S/C10H4ClF3N2O2/c11-7-4(12)1-3(8(13)9(7)14)5-2-6(10(17)18)16-15-5/h1-2H,(H,15,16)(H,17,18). The summed E-state index contributed by atoms with van der Waals surface area (Å²) in [5.74, 6) is -5.44. The van der Waals surface area contributed by atoms with Crippen molar-refractivity contribution < 1.29 is 23.1 Å². The molecule has 0 atom stereocenters. The van der Waals surface area contributed by atoms with Crippen molar-refractivity contribution in [3.05, 3.63) is 40.3 Å². The van der Waals surface area contributed by atoms with Crippen LogP contribution in [0, 0.1) is 17.5 Å². The molecule has 0 saturated heterocycles. The first-order valence-electron chi connectivity index (χ1n) is 4.54. The number of carbonyl (C=O) groups is 1. The highest BCUT2D eigenvalue weighted by atomic mass is 35.5. The number of hydrogen-bond donors (Lipinski definition) is 2. The van der Waals surface area contributed by atoms with Crippen LogP contribution in [0.4, 0.5) is 13.2 Å². The van der Waals surface area contributed by atoms with Gasteiger partial charge in [0, 0.05) is 5.56 Å². The van der Waals surface area contributed by atoms with E-state index in [2.05, 4.69) is 10.2 Å². The molecule has 0 aliphatic rings. The molecule has 0 saturated carbocycles. The number of carboxylic acids is 1. The van der Waals surface area contributed by atoms with Crippen LogP contribution in [0.15, 0.2) is 12.1 Å². The Hall–Kier alpha value is -2.02. The zero-order chi connectivity index (χ0) is 13.4. The SMILES string of the molecule is O=C(O)c1cc(-c2cc(F)c(Cl)c(F)c2F)n[nH]1. The van der Waals surface area contributed by atoms with Crippen molar-refractivity contribution in [1.82, 2.24) is 10.2 Å². The van der Waals surface area contributed by atoms with Gasteiger partial charge in [0.25, 0.3) is 0 Å². The summed E-state index contributed by atoms with van der Waals surface area (Å²) < 4.78 is 39.9. The molecule has 0 aliphatic heterocycles. The lowest BCUT2D eigenvalue weighted by Crippen LogP contribution is -1.95. The quantitative estimate of drug-likeness (QED) is 0.655. The topological polar surface area (TPSA) is 66.0 Å². The summed E-state index contributed by atoms with van der Waals surface area (Å²) in [7, 11) is 0. The summed E-state index contributed by atoms with van der Waals surface area (Å²) in [6.45, 7) is 0. The van der Waals surface area contributed by atoms with Gasteiger partial charge >= 0.3 is 5.97 Å². The number of nitrogens with one attached hydrogen (secondary N) is 1. The molecule has 1 aromatic heterocycles. The Labute approximate surface area is 103 Å². The van der Waals surface area contributed by atoms with E-state index in [1.54, 1.807) is 0 Å². The Morgan fingerprint density at radius 3 is 2.50 bits per heavy atom. The van der Waals surface area contributed by atoms with Crippen LogP contribution in [0.25, 0.3) is 11.3 Å². The first-order chi connectivity index (χ1) is 8.41. The minimum Gasteiger partial charge on any atom is -0.477 e. The predicted molar refractivity (Wildman–Crippen MR) is 55.9 cm³/mol. The highest BCUT2D eigenvalue weighted by molar-refractivity contribution is 6.31. The van der Waals surface area contributed by atoms with E-state index in [9.17, 15) is 18.0 Å². The van der Waals surface area contributed by atoms with E-state index in [1.807, 2.05) is 0 Å². The van der Waals surface area contributed by atoms with Gasteiger partial charge in [0.2, 0.25) is 0 Å². The fourth-order valence-electron chi connectivity index (χ4n) is 1.33. The number of nitrogens with zero attached hydrogens (tertiary/aromatic N) is 1. The molecule has 0 amide bonds. The lowest BCUT2D eigenvalue weighted by atomic mass is 10.1. The Morgan fingerprint density at radius 2 is 1.94 bits per heavy atom. The van der Waals surface area contributed by atoms with Crippen LogP contribution in [-0.2, 0) is 0 Å². The van der Waals surface area contributed by atoms with Crippen molar-refractivity contribution in [2.75, 3.05) is 0 Å². The average molecular weight is 277 g/mol. The number of aromatic carboxylic acids is 1. The third-order valence-corrected chi connectivity index (χ3v) is 2.53. The third-order valence-electron chi connectivity index (χ3n) is 2.19. The fraction of sp³-hybridized carbons (Fsp3) is 0. The van der Waals surface area contributed by atoms with Gasteiger partial charge in [-0.2, -0.15) is 5.10 Å². The van der Waals surface area contributed by atoms with E-state index >= 15 is 0 Å². The largest absolute Gasteiger partial charge is 0.477 e. The van der Waals surface area contributed by atoms with Gasteiger partial charge in [0.05, 0.1) is 5.69 Å². The maximum absolute atomic E-state index is 13.5. The van der Waals surface area contributed by atoms with Crippen molar-refractivity contribution in [2.45, 2.75) is 0 Å². The second-order valence-corrected chi connectivity index (χ2v) is 3.70. The molecule has 0 fully saturated rings. The van der Waals surface area contributed by atoms with Crippen LogP contribution in [0.5, 0.6) is 0 Å². The average Bonchev–Trinajstić information content (AvgIpc) is 2.80. The molecule has 0 bridgehead atoms. The molecule has 2 aromatic rings. The van der Waals surface area contributed by atoms with Gasteiger partial charge in [-0.25, -0.2) is 18.0 Å². The zero-order valence-electron chi connectivity index (χ0n) is 8.47. The maximum atomic E-state index is 13.5. The van der Waals surface area contributed by atoms with E-state index in [4.69, 9.17) is 16.7 Å². The molecule has 94 valence electrons. The number of H-pyrrole nitrogens is 1. The molecule has 0 unspecified atom stereocenters. The van der Waals surface area contributed by atoms with E-state index < -0.39 is 34.0 Å². The molecule has 0 spiro atoms. The highest BCUT2D eigenvalue weighted by Crippen LogP contribution is 2.30. The van der Waals surface area contributed by atoms with Gasteiger partial charge in [0.1, 0.15) is 16.5 Å². The lowest BCUT2D eigenvalue weighted by molar-refractivity contribution is 0.0690. The Balaban J connectivity index is 2.60. The van der Waals surface area contributed by atoms with E-state index in [0.29, 0.717) is 6.07 Å². The summed E-state index contributed by atoms with van der Waals surface area (Å²) in [5, 5.41) is 13.2. The molecule has 18 heavy (non-hydrogen) atoms. The van der Waals surface area contributed by atoms with Crippen LogP contribution in [0.2, 0.25) is 5.02 Å². The number of halogens is 4. The molecular formula is C10H4ClF3N2O2. The Morgan fingerprint density at radius 1 is 1.28 bits per heavy atom. The molecule has 8 heteroatoms. The number of aromatic nitrogens is 2. The normalized spacial score (nSPS) is 10.7. The minimum atomic E-state index is -1.55. The molecule has 1 aromatic carbocycles. The second kappa shape index (κ2) is 4.34. The van der Waals surface area contributed by atoms with Gasteiger partial charge in [0.15, 0.2) is 11.6 Å². The fourth-order valence-corrected chi connectivity index (χ4v) is 1.47. The lowest BCUT2D eigenvalue weighted by Gasteiger charge is -2.03. The first-order valence-corrected chi connectivity index (χ1v) is 4.91. The van der Waals surface area contributed by atoms with Gasteiger partial charge in [-0.15, -0.1) is 0 Å². The van der Waals surface area contributed by atoms with Gasteiger partial charge in [-0.1, -0.05) is 11.6 Å². The molecule has 0 radical (unpaired) electrons. The van der Waals surface area contributed by atoms with E-state index in [-0.39, 0.29) is 11.4 Å². The molecule has 4 nitrogen and oxygen atoms in total. The molecule has 2 N–H and O–H groups in total. The van der Waals surface area contributed by atoms with Crippen molar-refractivity contribution in [1.29, 1.82) is 0 Å². The van der Waals surface area contributed by atoms with Crippen LogP contribution in [0.3, 0.4) is 0 Å². The second-order valence-electron chi connectivity index (χ2n) is 3.32. The predicted octanol–water partition coefficient (Wildman–Crippen LogP) is 2.85. The summed E-state index contributed by atoms with van der Waals surface area (Å²) in [6, 6.07) is 1.59. The van der Waals surface area contributed by atoms with Crippen molar-refractivity contribution in [3.63, 3.8) is 0 Å². The van der Waals surface area contributed by atoms with Crippen molar-refractivity contribution >= 4 is 17.6 Å². The number of rotatable bonds is 2. The third kappa shape index (κ3) is 1.92. The van der Waals surface area contributed by atoms with Crippen LogP contribution in [-0.4, -0.2) is 21.3 Å². The number of aromatic amines is 1. The highest BCUT2D eigenvalue weighted by Gasteiger charge is 2.20. The number of hydrogen-bond acceptors (Lipinski definition) is 2. The molecule has 1 heterocycles. The van der Waals surface area contributed by atoms with E-state index in [1.165, 1.54) is 0 Å².